The first-order valence-electron chi connectivity index (χ1n) is 10.6. The second-order valence-electron chi connectivity index (χ2n) is 7.32. The molecule has 7 nitrogen and oxygen atoms in total. The summed E-state index contributed by atoms with van der Waals surface area (Å²) in [7, 11) is 4.55. The standard InChI is InChI=1S/C27H25FN2O5/c1-32-22-10-9-19(25(14-22)33-2)16-30-27(31)21(15-29)12-18-8-11-24(26(13-18)34-3)35-17-20-6-4-5-7-23(20)28/h4-14H,16-17H2,1-3H3,(H,30,31)/b21-12+. The van der Waals surface area contributed by atoms with Gasteiger partial charge in [0.15, 0.2) is 11.5 Å². The molecule has 0 fully saturated rings. The number of nitriles is 1. The maximum Gasteiger partial charge on any atom is 0.262 e. The molecule has 0 atom stereocenters. The Kier molecular flexibility index (Phi) is 8.68. The lowest BCUT2D eigenvalue weighted by atomic mass is 10.1. The fourth-order valence-electron chi connectivity index (χ4n) is 3.25. The van der Waals surface area contributed by atoms with Crippen molar-refractivity contribution in [3.8, 4) is 29.1 Å². The Morgan fingerprint density at radius 3 is 2.40 bits per heavy atom. The molecule has 180 valence electrons. The molecule has 0 bridgehead atoms. The van der Waals surface area contributed by atoms with E-state index in [9.17, 15) is 14.4 Å². The highest BCUT2D eigenvalue weighted by Crippen LogP contribution is 2.30. The van der Waals surface area contributed by atoms with Gasteiger partial charge < -0.3 is 24.3 Å². The topological polar surface area (TPSA) is 89.8 Å². The molecule has 0 aliphatic carbocycles. The van der Waals surface area contributed by atoms with Crippen LogP contribution in [0.3, 0.4) is 0 Å². The van der Waals surface area contributed by atoms with E-state index in [2.05, 4.69) is 5.32 Å². The first kappa shape index (κ1) is 25.1. The number of benzene rings is 3. The minimum absolute atomic E-state index is 0.0267. The molecule has 0 radical (unpaired) electrons. The van der Waals surface area contributed by atoms with E-state index < -0.39 is 5.91 Å². The third kappa shape index (κ3) is 6.51. The SMILES string of the molecule is COc1ccc(CNC(=O)/C(C#N)=C/c2ccc(OCc3ccccc3F)c(OC)c2)c(OC)c1. The number of hydrogen-bond donors (Lipinski definition) is 1. The molecule has 0 unspecified atom stereocenters. The Labute approximate surface area is 203 Å². The number of nitrogens with zero attached hydrogens (tertiary/aromatic N) is 1. The Morgan fingerprint density at radius 2 is 1.71 bits per heavy atom. The molecule has 8 heteroatoms. The summed E-state index contributed by atoms with van der Waals surface area (Å²) in [6.07, 6.45) is 1.45. The second kappa shape index (κ2) is 12.1. The Bertz CT molecular complexity index is 1270. The molecule has 0 aromatic heterocycles. The van der Waals surface area contributed by atoms with E-state index in [1.54, 1.807) is 61.7 Å². The normalized spacial score (nSPS) is 10.8. The van der Waals surface area contributed by atoms with E-state index in [0.717, 1.165) is 5.56 Å². The Morgan fingerprint density at radius 1 is 0.943 bits per heavy atom. The fourth-order valence-corrected chi connectivity index (χ4v) is 3.25. The van der Waals surface area contributed by atoms with Gasteiger partial charge in [0.05, 0.1) is 21.3 Å². The summed E-state index contributed by atoms with van der Waals surface area (Å²) in [4.78, 5) is 12.6. The predicted molar refractivity (Wildman–Crippen MR) is 129 cm³/mol. The van der Waals surface area contributed by atoms with Crippen molar-refractivity contribution in [3.05, 3.63) is 88.7 Å². The summed E-state index contributed by atoms with van der Waals surface area (Å²) >= 11 is 0. The van der Waals surface area contributed by atoms with Crippen LogP contribution < -0.4 is 24.3 Å². The molecule has 0 aliphatic heterocycles. The van der Waals surface area contributed by atoms with Crippen LogP contribution in [-0.2, 0) is 17.9 Å². The van der Waals surface area contributed by atoms with Gasteiger partial charge in [0.2, 0.25) is 0 Å². The van der Waals surface area contributed by atoms with Crippen LogP contribution in [0, 0.1) is 17.1 Å². The minimum atomic E-state index is -0.538. The highest BCUT2D eigenvalue weighted by molar-refractivity contribution is 6.01. The van der Waals surface area contributed by atoms with Gasteiger partial charge in [-0.05, 0) is 42.0 Å². The van der Waals surface area contributed by atoms with Gasteiger partial charge in [-0.1, -0.05) is 24.3 Å². The van der Waals surface area contributed by atoms with Crippen molar-refractivity contribution >= 4 is 12.0 Å². The highest BCUT2D eigenvalue weighted by Gasteiger charge is 2.13. The highest BCUT2D eigenvalue weighted by atomic mass is 19.1. The molecule has 35 heavy (non-hydrogen) atoms. The predicted octanol–water partition coefficient (Wildman–Crippen LogP) is 4.65. The zero-order valence-electron chi connectivity index (χ0n) is 19.6. The first-order valence-corrected chi connectivity index (χ1v) is 10.6. The maximum atomic E-state index is 13.8. The molecule has 3 aromatic carbocycles. The van der Waals surface area contributed by atoms with Crippen LogP contribution in [0.25, 0.3) is 6.08 Å². The molecule has 1 amide bonds. The van der Waals surface area contributed by atoms with E-state index in [4.69, 9.17) is 18.9 Å². The lowest BCUT2D eigenvalue weighted by molar-refractivity contribution is -0.117. The van der Waals surface area contributed by atoms with Crippen molar-refractivity contribution in [1.82, 2.24) is 5.32 Å². The average Bonchev–Trinajstić information content (AvgIpc) is 2.89. The van der Waals surface area contributed by atoms with Crippen LogP contribution in [0.5, 0.6) is 23.0 Å². The quantitative estimate of drug-likeness (QED) is 0.338. The van der Waals surface area contributed by atoms with Crippen LogP contribution in [0.2, 0.25) is 0 Å². The van der Waals surface area contributed by atoms with Crippen molar-refractivity contribution in [3.63, 3.8) is 0 Å². The van der Waals surface area contributed by atoms with Crippen molar-refractivity contribution in [2.24, 2.45) is 0 Å². The zero-order chi connectivity index (χ0) is 25.2. The minimum Gasteiger partial charge on any atom is -0.497 e. The van der Waals surface area contributed by atoms with Crippen molar-refractivity contribution in [2.75, 3.05) is 21.3 Å². The van der Waals surface area contributed by atoms with Crippen LogP contribution in [0.1, 0.15) is 16.7 Å². The van der Waals surface area contributed by atoms with Crippen molar-refractivity contribution < 1.29 is 28.1 Å². The number of nitrogens with one attached hydrogen (secondary N) is 1. The largest absolute Gasteiger partial charge is 0.497 e. The van der Waals surface area contributed by atoms with E-state index in [0.29, 0.717) is 34.1 Å². The molecular formula is C27H25FN2O5. The lowest BCUT2D eigenvalue weighted by Crippen LogP contribution is -2.24. The number of ether oxygens (including phenoxy) is 4. The number of amides is 1. The number of carbonyl (C=O) groups excluding carboxylic acids is 1. The molecular weight excluding hydrogens is 451 g/mol. The number of halogens is 1. The van der Waals surface area contributed by atoms with Gasteiger partial charge in [0, 0.05) is 23.7 Å². The Balaban J connectivity index is 1.71. The summed E-state index contributed by atoms with van der Waals surface area (Å²) in [5.41, 5.74) is 1.63. The van der Waals surface area contributed by atoms with Crippen LogP contribution >= 0.6 is 0 Å². The van der Waals surface area contributed by atoms with E-state index in [1.165, 1.54) is 26.4 Å². The van der Waals surface area contributed by atoms with E-state index >= 15 is 0 Å². The Hall–Kier alpha value is -4.51. The second-order valence-corrected chi connectivity index (χ2v) is 7.32. The number of carbonyl (C=O) groups is 1. The number of rotatable bonds is 10. The lowest BCUT2D eigenvalue weighted by Gasteiger charge is -2.12. The van der Waals surface area contributed by atoms with Gasteiger partial charge in [0.1, 0.15) is 35.6 Å². The third-order valence-electron chi connectivity index (χ3n) is 5.14. The summed E-state index contributed by atoms with van der Waals surface area (Å²) in [6, 6.07) is 18.5. The van der Waals surface area contributed by atoms with Gasteiger partial charge in [-0.15, -0.1) is 0 Å². The molecule has 1 N–H and O–H groups in total. The van der Waals surface area contributed by atoms with Crippen molar-refractivity contribution in [2.45, 2.75) is 13.2 Å². The number of hydrogen-bond acceptors (Lipinski definition) is 6. The van der Waals surface area contributed by atoms with Gasteiger partial charge in [0.25, 0.3) is 5.91 Å². The van der Waals surface area contributed by atoms with Gasteiger partial charge >= 0.3 is 0 Å². The van der Waals surface area contributed by atoms with E-state index in [-0.39, 0.29) is 24.5 Å². The third-order valence-corrected chi connectivity index (χ3v) is 5.14. The van der Waals surface area contributed by atoms with E-state index in [1.807, 2.05) is 6.07 Å². The molecule has 0 saturated carbocycles. The van der Waals surface area contributed by atoms with Crippen LogP contribution in [-0.4, -0.2) is 27.2 Å². The maximum absolute atomic E-state index is 13.8. The van der Waals surface area contributed by atoms with Gasteiger partial charge in [-0.3, -0.25) is 4.79 Å². The summed E-state index contributed by atoms with van der Waals surface area (Å²) in [5.74, 6) is 1.08. The smallest absolute Gasteiger partial charge is 0.262 e. The molecule has 3 aromatic rings. The average molecular weight is 477 g/mol. The summed E-state index contributed by atoms with van der Waals surface area (Å²) in [5, 5.41) is 12.3. The molecule has 3 rings (SSSR count). The molecule has 0 spiro atoms. The fraction of sp³-hybridized carbons (Fsp3) is 0.185. The van der Waals surface area contributed by atoms with Crippen LogP contribution in [0.15, 0.2) is 66.2 Å². The zero-order valence-corrected chi connectivity index (χ0v) is 19.6. The van der Waals surface area contributed by atoms with Gasteiger partial charge in [-0.25, -0.2) is 4.39 Å². The molecule has 0 aliphatic rings. The van der Waals surface area contributed by atoms with Gasteiger partial charge in [-0.2, -0.15) is 5.26 Å². The first-order chi connectivity index (χ1) is 17.0. The van der Waals surface area contributed by atoms with Crippen molar-refractivity contribution in [1.29, 1.82) is 5.26 Å². The molecule has 0 heterocycles. The monoisotopic (exact) mass is 476 g/mol. The molecule has 0 saturated heterocycles. The number of methoxy groups -OCH3 is 3. The summed E-state index contributed by atoms with van der Waals surface area (Å²) < 4.78 is 35.4. The van der Waals surface area contributed by atoms with Crippen LogP contribution in [0.4, 0.5) is 4.39 Å². The summed E-state index contributed by atoms with van der Waals surface area (Å²) in [6.45, 7) is 0.191.